The lowest BCUT2D eigenvalue weighted by Crippen LogP contribution is -2.36. The lowest BCUT2D eigenvalue weighted by atomic mass is 10.2. The molecule has 1 aromatic carbocycles. The van der Waals surface area contributed by atoms with Crippen molar-refractivity contribution in [2.24, 2.45) is 4.99 Å². The molecule has 2 rings (SSSR count). The second-order valence-corrected chi connectivity index (χ2v) is 5.17. The van der Waals surface area contributed by atoms with Crippen LogP contribution in [0.2, 0.25) is 0 Å². The first-order valence-corrected chi connectivity index (χ1v) is 7.36. The molecule has 6 heteroatoms. The number of benzene rings is 1. The highest BCUT2D eigenvalue weighted by Gasteiger charge is 2.00. The predicted molar refractivity (Wildman–Crippen MR) is 99.9 cm³/mol. The lowest BCUT2D eigenvalue weighted by molar-refractivity contribution is 0.501. The number of hydrogen-bond donors (Lipinski definition) is 2. The maximum absolute atomic E-state index is 5.29. The van der Waals surface area contributed by atoms with Crippen LogP contribution in [0.15, 0.2) is 56.5 Å². The molecule has 0 saturated carbocycles. The molecule has 1 heterocycles. The van der Waals surface area contributed by atoms with Gasteiger partial charge in [-0.2, -0.15) is 0 Å². The van der Waals surface area contributed by atoms with E-state index in [0.29, 0.717) is 13.1 Å². The van der Waals surface area contributed by atoms with Crippen LogP contribution in [0.25, 0.3) is 0 Å². The highest BCUT2D eigenvalue weighted by Crippen LogP contribution is 2.11. The Labute approximate surface area is 150 Å². The third-order valence-corrected chi connectivity index (χ3v) is 3.22. The van der Waals surface area contributed by atoms with E-state index in [1.807, 2.05) is 31.2 Å². The molecule has 0 fully saturated rings. The zero-order chi connectivity index (χ0) is 14.2. The highest BCUT2D eigenvalue weighted by atomic mass is 127. The van der Waals surface area contributed by atoms with E-state index in [-0.39, 0.29) is 24.0 Å². The quantitative estimate of drug-likeness (QED) is 0.401. The smallest absolute Gasteiger partial charge is 0.191 e. The number of rotatable bonds is 5. The minimum Gasteiger partial charge on any atom is -0.467 e. The van der Waals surface area contributed by atoms with Crippen LogP contribution in [-0.2, 0) is 13.1 Å². The van der Waals surface area contributed by atoms with E-state index in [1.54, 1.807) is 6.26 Å². The van der Waals surface area contributed by atoms with Crippen molar-refractivity contribution >= 4 is 45.9 Å². The maximum Gasteiger partial charge on any atom is 0.191 e. The van der Waals surface area contributed by atoms with E-state index in [0.717, 1.165) is 22.7 Å². The summed E-state index contributed by atoms with van der Waals surface area (Å²) in [6, 6.07) is 12.0. The van der Waals surface area contributed by atoms with Crippen molar-refractivity contribution < 1.29 is 4.42 Å². The molecule has 0 saturated heterocycles. The third kappa shape index (κ3) is 6.52. The van der Waals surface area contributed by atoms with Crippen molar-refractivity contribution in [2.45, 2.75) is 20.0 Å². The van der Waals surface area contributed by atoms with Crippen LogP contribution < -0.4 is 10.6 Å². The van der Waals surface area contributed by atoms with E-state index >= 15 is 0 Å². The van der Waals surface area contributed by atoms with E-state index in [1.165, 1.54) is 5.56 Å². The maximum atomic E-state index is 5.29. The zero-order valence-corrected chi connectivity index (χ0v) is 15.7. The largest absolute Gasteiger partial charge is 0.467 e. The summed E-state index contributed by atoms with van der Waals surface area (Å²) >= 11 is 3.43. The molecule has 2 aromatic rings. The van der Waals surface area contributed by atoms with Gasteiger partial charge in [0.2, 0.25) is 0 Å². The van der Waals surface area contributed by atoms with Crippen molar-refractivity contribution in [3.63, 3.8) is 0 Å². The summed E-state index contributed by atoms with van der Waals surface area (Å²) in [4.78, 5) is 4.55. The van der Waals surface area contributed by atoms with Crippen molar-refractivity contribution in [1.29, 1.82) is 0 Å². The number of furan rings is 1. The summed E-state index contributed by atoms with van der Waals surface area (Å²) < 4.78 is 6.36. The molecule has 1 aromatic heterocycles. The number of aliphatic imine (C=N–C) groups is 1. The van der Waals surface area contributed by atoms with Crippen LogP contribution in [0, 0.1) is 0 Å². The monoisotopic (exact) mass is 463 g/mol. The molecule has 21 heavy (non-hydrogen) atoms. The molecule has 0 aliphatic rings. The van der Waals surface area contributed by atoms with Crippen molar-refractivity contribution in [3.8, 4) is 0 Å². The fourth-order valence-electron chi connectivity index (χ4n) is 1.69. The summed E-state index contributed by atoms with van der Waals surface area (Å²) in [5.74, 6) is 1.67. The van der Waals surface area contributed by atoms with E-state index < -0.39 is 0 Å². The molecule has 0 bridgehead atoms. The first-order chi connectivity index (χ1) is 9.78. The number of nitrogens with one attached hydrogen (secondary N) is 2. The Morgan fingerprint density at radius 2 is 1.95 bits per heavy atom. The number of guanidine groups is 1. The van der Waals surface area contributed by atoms with Gasteiger partial charge in [0.1, 0.15) is 5.76 Å². The molecule has 0 spiro atoms. The minimum absolute atomic E-state index is 0. The predicted octanol–water partition coefficient (Wildman–Crippen LogP) is 3.92. The average molecular weight is 464 g/mol. The summed E-state index contributed by atoms with van der Waals surface area (Å²) in [5.41, 5.74) is 1.17. The van der Waals surface area contributed by atoms with Gasteiger partial charge in [0.05, 0.1) is 19.4 Å². The average Bonchev–Trinajstić information content (AvgIpc) is 2.97. The summed E-state index contributed by atoms with van der Waals surface area (Å²) in [6.07, 6.45) is 1.67. The highest BCUT2D eigenvalue weighted by molar-refractivity contribution is 14.0. The van der Waals surface area contributed by atoms with Crippen molar-refractivity contribution in [2.75, 3.05) is 6.54 Å². The Balaban J connectivity index is 0.00000220. The fourth-order valence-corrected chi connectivity index (χ4v) is 1.95. The molecule has 114 valence electrons. The number of hydrogen-bond acceptors (Lipinski definition) is 2. The van der Waals surface area contributed by atoms with Gasteiger partial charge in [0.15, 0.2) is 5.96 Å². The van der Waals surface area contributed by atoms with Gasteiger partial charge in [-0.05, 0) is 36.8 Å². The Morgan fingerprint density at radius 3 is 2.57 bits per heavy atom. The van der Waals surface area contributed by atoms with Crippen LogP contribution in [-0.4, -0.2) is 12.5 Å². The molecule has 0 radical (unpaired) electrons. The van der Waals surface area contributed by atoms with Crippen molar-refractivity contribution in [3.05, 3.63) is 58.5 Å². The standard InChI is InChI=1S/C15H18BrN3O.HI/c1-2-17-15(19-11-14-4-3-9-20-14)18-10-12-5-7-13(16)8-6-12;/h3-9H,2,10-11H2,1H3,(H2,17,18,19);1H. The second kappa shape index (κ2) is 9.83. The Morgan fingerprint density at radius 1 is 1.19 bits per heavy atom. The minimum atomic E-state index is 0. The summed E-state index contributed by atoms with van der Waals surface area (Å²) in [7, 11) is 0. The van der Waals surface area contributed by atoms with Gasteiger partial charge in [-0.1, -0.05) is 28.1 Å². The van der Waals surface area contributed by atoms with Crippen LogP contribution in [0.5, 0.6) is 0 Å². The first-order valence-electron chi connectivity index (χ1n) is 6.57. The summed E-state index contributed by atoms with van der Waals surface area (Å²) in [5, 5.41) is 6.46. The van der Waals surface area contributed by atoms with Gasteiger partial charge in [0, 0.05) is 11.0 Å². The summed E-state index contributed by atoms with van der Waals surface area (Å²) in [6.45, 7) is 4.13. The fraction of sp³-hybridized carbons (Fsp3) is 0.267. The lowest BCUT2D eigenvalue weighted by Gasteiger charge is -2.10. The third-order valence-electron chi connectivity index (χ3n) is 2.69. The SMILES string of the molecule is CCNC(=NCc1ccc(Br)cc1)NCc1ccco1.I. The number of halogens is 2. The van der Waals surface area contributed by atoms with E-state index in [4.69, 9.17) is 4.42 Å². The van der Waals surface area contributed by atoms with E-state index in [2.05, 4.69) is 43.7 Å². The Bertz CT molecular complexity index is 541. The second-order valence-electron chi connectivity index (χ2n) is 4.25. The van der Waals surface area contributed by atoms with E-state index in [9.17, 15) is 0 Å². The van der Waals surface area contributed by atoms with Gasteiger partial charge in [-0.15, -0.1) is 24.0 Å². The van der Waals surface area contributed by atoms with Crippen LogP contribution in [0.4, 0.5) is 0 Å². The number of nitrogens with zero attached hydrogens (tertiary/aromatic N) is 1. The topological polar surface area (TPSA) is 49.6 Å². The van der Waals surface area contributed by atoms with Crippen LogP contribution in [0.3, 0.4) is 0 Å². The Hall–Kier alpha value is -1.02. The molecule has 0 amide bonds. The normalized spacial score (nSPS) is 10.9. The molecular weight excluding hydrogens is 445 g/mol. The van der Waals surface area contributed by atoms with Gasteiger partial charge in [-0.25, -0.2) is 4.99 Å². The van der Waals surface area contributed by atoms with Crippen LogP contribution >= 0.6 is 39.9 Å². The van der Waals surface area contributed by atoms with Crippen molar-refractivity contribution in [1.82, 2.24) is 10.6 Å². The molecule has 0 atom stereocenters. The molecule has 0 aliphatic carbocycles. The first kappa shape index (κ1) is 18.0. The molecular formula is C15H19BrIN3O. The van der Waals surface area contributed by atoms with Gasteiger partial charge in [0.25, 0.3) is 0 Å². The van der Waals surface area contributed by atoms with Gasteiger partial charge in [-0.3, -0.25) is 0 Å². The zero-order valence-electron chi connectivity index (χ0n) is 11.8. The Kier molecular flexibility index (Phi) is 8.44. The molecule has 4 nitrogen and oxygen atoms in total. The molecule has 2 N–H and O–H groups in total. The van der Waals surface area contributed by atoms with Gasteiger partial charge >= 0.3 is 0 Å². The van der Waals surface area contributed by atoms with Crippen LogP contribution in [0.1, 0.15) is 18.2 Å². The molecule has 0 unspecified atom stereocenters. The molecule has 0 aliphatic heterocycles. The van der Waals surface area contributed by atoms with Gasteiger partial charge < -0.3 is 15.1 Å².